The summed E-state index contributed by atoms with van der Waals surface area (Å²) in [6, 6.07) is 4.17. The standard InChI is InChI=1S/C12H15F3N2/c1-16-5-4-10-6-8-2-3-9(12(13,14)15)7-11(8)17-10/h2-3,7,10,16-17H,4-6H2,1H3. The topological polar surface area (TPSA) is 24.1 Å². The summed E-state index contributed by atoms with van der Waals surface area (Å²) in [7, 11) is 1.86. The van der Waals surface area contributed by atoms with E-state index in [1.165, 1.54) is 6.07 Å². The first-order chi connectivity index (χ1) is 8.00. The first-order valence-electron chi connectivity index (χ1n) is 5.62. The fourth-order valence-electron chi connectivity index (χ4n) is 2.09. The molecule has 2 nitrogen and oxygen atoms in total. The number of hydrogen-bond donors (Lipinski definition) is 2. The zero-order valence-electron chi connectivity index (χ0n) is 9.56. The van der Waals surface area contributed by atoms with Gasteiger partial charge in [-0.25, -0.2) is 0 Å². The number of alkyl halides is 3. The molecule has 0 fully saturated rings. The number of benzene rings is 1. The highest BCUT2D eigenvalue weighted by atomic mass is 19.4. The van der Waals surface area contributed by atoms with Crippen molar-refractivity contribution in [1.82, 2.24) is 5.32 Å². The Hall–Kier alpha value is -1.23. The molecule has 2 N–H and O–H groups in total. The molecule has 1 unspecified atom stereocenters. The highest BCUT2D eigenvalue weighted by molar-refractivity contribution is 5.58. The Labute approximate surface area is 98.2 Å². The first-order valence-corrected chi connectivity index (χ1v) is 5.62. The Morgan fingerprint density at radius 2 is 2.18 bits per heavy atom. The van der Waals surface area contributed by atoms with Gasteiger partial charge in [-0.3, -0.25) is 0 Å². The van der Waals surface area contributed by atoms with Crippen molar-refractivity contribution in [3.8, 4) is 0 Å². The van der Waals surface area contributed by atoms with E-state index in [2.05, 4.69) is 10.6 Å². The van der Waals surface area contributed by atoms with E-state index in [9.17, 15) is 13.2 Å². The molecular weight excluding hydrogens is 229 g/mol. The Morgan fingerprint density at radius 3 is 2.82 bits per heavy atom. The molecule has 0 saturated carbocycles. The summed E-state index contributed by atoms with van der Waals surface area (Å²) in [5.41, 5.74) is 1.01. The van der Waals surface area contributed by atoms with E-state index in [1.54, 1.807) is 6.07 Å². The molecule has 1 aromatic carbocycles. The van der Waals surface area contributed by atoms with E-state index in [0.29, 0.717) is 5.69 Å². The van der Waals surface area contributed by atoms with Crippen molar-refractivity contribution in [2.75, 3.05) is 18.9 Å². The molecule has 1 heterocycles. The van der Waals surface area contributed by atoms with Crippen LogP contribution in [0.1, 0.15) is 17.5 Å². The molecule has 0 aromatic heterocycles. The minimum absolute atomic E-state index is 0.237. The largest absolute Gasteiger partial charge is 0.416 e. The van der Waals surface area contributed by atoms with Gasteiger partial charge in [-0.2, -0.15) is 13.2 Å². The van der Waals surface area contributed by atoms with Crippen LogP contribution >= 0.6 is 0 Å². The zero-order chi connectivity index (χ0) is 12.5. The fraction of sp³-hybridized carbons (Fsp3) is 0.500. The van der Waals surface area contributed by atoms with Crippen molar-refractivity contribution in [3.63, 3.8) is 0 Å². The second-order valence-electron chi connectivity index (χ2n) is 4.31. The molecule has 1 aromatic rings. The van der Waals surface area contributed by atoms with Gasteiger partial charge in [0.15, 0.2) is 0 Å². The highest BCUT2D eigenvalue weighted by Gasteiger charge is 2.32. The van der Waals surface area contributed by atoms with Crippen LogP contribution in [-0.4, -0.2) is 19.6 Å². The van der Waals surface area contributed by atoms with Crippen LogP contribution in [0.4, 0.5) is 18.9 Å². The average molecular weight is 244 g/mol. The summed E-state index contributed by atoms with van der Waals surface area (Å²) in [6.07, 6.45) is -2.55. The van der Waals surface area contributed by atoms with Gasteiger partial charge in [0.2, 0.25) is 0 Å². The minimum Gasteiger partial charge on any atom is -0.382 e. The molecule has 94 valence electrons. The molecule has 0 amide bonds. The lowest BCUT2D eigenvalue weighted by atomic mass is 10.1. The summed E-state index contributed by atoms with van der Waals surface area (Å²) in [6.45, 7) is 0.859. The lowest BCUT2D eigenvalue weighted by molar-refractivity contribution is -0.137. The van der Waals surface area contributed by atoms with Gasteiger partial charge in [-0.15, -0.1) is 0 Å². The minimum atomic E-state index is -4.26. The zero-order valence-corrected chi connectivity index (χ0v) is 9.56. The van der Waals surface area contributed by atoms with Crippen molar-refractivity contribution in [1.29, 1.82) is 0 Å². The van der Waals surface area contributed by atoms with E-state index in [0.717, 1.165) is 31.0 Å². The van der Waals surface area contributed by atoms with Gasteiger partial charge in [-0.05, 0) is 44.1 Å². The second-order valence-corrected chi connectivity index (χ2v) is 4.31. The van der Waals surface area contributed by atoms with Gasteiger partial charge in [0.25, 0.3) is 0 Å². The Morgan fingerprint density at radius 1 is 1.41 bits per heavy atom. The average Bonchev–Trinajstić information content (AvgIpc) is 2.66. The summed E-state index contributed by atoms with van der Waals surface area (Å²) in [4.78, 5) is 0. The van der Waals surface area contributed by atoms with E-state index in [4.69, 9.17) is 0 Å². The Kier molecular flexibility index (Phi) is 3.28. The summed E-state index contributed by atoms with van der Waals surface area (Å²) < 4.78 is 37.6. The van der Waals surface area contributed by atoms with Crippen LogP contribution in [0.2, 0.25) is 0 Å². The lowest BCUT2D eigenvalue weighted by Crippen LogP contribution is -2.21. The van der Waals surface area contributed by atoms with Crippen LogP contribution in [0.25, 0.3) is 0 Å². The third-order valence-corrected chi connectivity index (χ3v) is 3.01. The summed E-state index contributed by atoms with van der Waals surface area (Å²) in [5, 5.41) is 6.18. The van der Waals surface area contributed by atoms with Crippen molar-refractivity contribution in [2.24, 2.45) is 0 Å². The first kappa shape index (κ1) is 12.2. The maximum Gasteiger partial charge on any atom is 0.416 e. The van der Waals surface area contributed by atoms with Crippen molar-refractivity contribution < 1.29 is 13.2 Å². The number of nitrogens with one attached hydrogen (secondary N) is 2. The van der Waals surface area contributed by atoms with Gasteiger partial charge in [-0.1, -0.05) is 6.07 Å². The predicted molar refractivity (Wildman–Crippen MR) is 61.1 cm³/mol. The Balaban J connectivity index is 2.11. The van der Waals surface area contributed by atoms with Crippen LogP contribution in [-0.2, 0) is 12.6 Å². The number of anilines is 1. The molecule has 0 aliphatic carbocycles. The van der Waals surface area contributed by atoms with Gasteiger partial charge in [0.05, 0.1) is 5.56 Å². The summed E-state index contributed by atoms with van der Waals surface area (Å²) >= 11 is 0. The molecular formula is C12H15F3N2. The normalized spacial score (nSPS) is 18.9. The van der Waals surface area contributed by atoms with Crippen molar-refractivity contribution >= 4 is 5.69 Å². The van der Waals surface area contributed by atoms with Crippen LogP contribution in [0.3, 0.4) is 0 Å². The highest BCUT2D eigenvalue weighted by Crippen LogP contribution is 2.35. The number of fused-ring (bicyclic) bond motifs is 1. The Bertz CT molecular complexity index is 401. The van der Waals surface area contributed by atoms with Gasteiger partial charge >= 0.3 is 6.18 Å². The molecule has 1 atom stereocenters. The van der Waals surface area contributed by atoms with Crippen LogP contribution in [0, 0.1) is 0 Å². The maximum absolute atomic E-state index is 12.5. The molecule has 2 rings (SSSR count). The van der Waals surface area contributed by atoms with E-state index >= 15 is 0 Å². The number of halogens is 3. The van der Waals surface area contributed by atoms with Crippen LogP contribution < -0.4 is 10.6 Å². The quantitative estimate of drug-likeness (QED) is 0.854. The van der Waals surface area contributed by atoms with Gasteiger partial charge in [0, 0.05) is 11.7 Å². The molecule has 0 radical (unpaired) electrons. The molecule has 1 aliphatic heterocycles. The van der Waals surface area contributed by atoms with E-state index < -0.39 is 11.7 Å². The molecule has 1 aliphatic rings. The van der Waals surface area contributed by atoms with Gasteiger partial charge < -0.3 is 10.6 Å². The maximum atomic E-state index is 12.5. The van der Waals surface area contributed by atoms with Crippen LogP contribution in [0.15, 0.2) is 18.2 Å². The second kappa shape index (κ2) is 4.56. The van der Waals surface area contributed by atoms with Gasteiger partial charge in [0.1, 0.15) is 0 Å². The monoisotopic (exact) mass is 244 g/mol. The molecule has 0 bridgehead atoms. The van der Waals surface area contributed by atoms with E-state index in [1.807, 2.05) is 7.05 Å². The number of rotatable bonds is 3. The molecule has 17 heavy (non-hydrogen) atoms. The van der Waals surface area contributed by atoms with Crippen molar-refractivity contribution in [2.45, 2.75) is 25.1 Å². The third-order valence-electron chi connectivity index (χ3n) is 3.01. The van der Waals surface area contributed by atoms with Crippen LogP contribution in [0.5, 0.6) is 0 Å². The fourth-order valence-corrected chi connectivity index (χ4v) is 2.09. The predicted octanol–water partition coefficient (Wildman–Crippen LogP) is 2.65. The molecule has 5 heteroatoms. The number of hydrogen-bond acceptors (Lipinski definition) is 2. The SMILES string of the molecule is CNCCC1Cc2ccc(C(F)(F)F)cc2N1. The third kappa shape index (κ3) is 2.72. The lowest BCUT2D eigenvalue weighted by Gasteiger charge is -2.11. The molecule has 0 spiro atoms. The van der Waals surface area contributed by atoms with E-state index in [-0.39, 0.29) is 6.04 Å². The molecule has 0 saturated heterocycles. The summed E-state index contributed by atoms with van der Waals surface area (Å²) in [5.74, 6) is 0. The van der Waals surface area contributed by atoms with Crippen molar-refractivity contribution in [3.05, 3.63) is 29.3 Å². The smallest absolute Gasteiger partial charge is 0.382 e.